The number of nitrogens with zero attached hydrogens (tertiary/aromatic N) is 3. The Balaban J connectivity index is 1.74. The van der Waals surface area contributed by atoms with Crippen molar-refractivity contribution in [1.29, 1.82) is 0 Å². The van der Waals surface area contributed by atoms with Crippen molar-refractivity contribution in [3.8, 4) is 5.75 Å². The van der Waals surface area contributed by atoms with E-state index >= 15 is 0 Å². The average Bonchev–Trinajstić information content (AvgIpc) is 2.97. The van der Waals surface area contributed by atoms with E-state index in [1.807, 2.05) is 24.3 Å². The molecular formula is C15H16N4O3. The summed E-state index contributed by atoms with van der Waals surface area (Å²) >= 11 is 0. The van der Waals surface area contributed by atoms with Gasteiger partial charge in [0, 0.05) is 6.42 Å². The van der Waals surface area contributed by atoms with E-state index < -0.39 is 0 Å². The molecule has 0 aliphatic rings. The fourth-order valence-corrected chi connectivity index (χ4v) is 2.05. The first kappa shape index (κ1) is 14.2. The third-order valence-electron chi connectivity index (χ3n) is 3.27. The van der Waals surface area contributed by atoms with E-state index in [0.717, 1.165) is 24.2 Å². The number of ether oxygens (including phenoxy) is 1. The van der Waals surface area contributed by atoms with Crippen LogP contribution in [-0.4, -0.2) is 26.9 Å². The van der Waals surface area contributed by atoms with Gasteiger partial charge in [-0.2, -0.15) is 0 Å². The third kappa shape index (κ3) is 3.13. The van der Waals surface area contributed by atoms with Gasteiger partial charge in [-0.15, -0.1) is 0 Å². The van der Waals surface area contributed by atoms with Gasteiger partial charge in [-0.05, 0) is 34.4 Å². The summed E-state index contributed by atoms with van der Waals surface area (Å²) < 4.78 is 10.1. The lowest BCUT2D eigenvalue weighted by molar-refractivity contribution is 0.309. The number of unbranched alkanes of at least 4 members (excludes halogenated alkanes) is 1. The Kier molecular flexibility index (Phi) is 4.13. The van der Waals surface area contributed by atoms with Crippen LogP contribution in [-0.2, 0) is 6.42 Å². The minimum atomic E-state index is -0.286. The molecule has 0 saturated heterocycles. The molecule has 0 radical (unpaired) electrons. The predicted octanol–water partition coefficient (Wildman–Crippen LogP) is 2.08. The van der Waals surface area contributed by atoms with Crippen molar-refractivity contribution in [2.45, 2.75) is 26.2 Å². The van der Waals surface area contributed by atoms with Crippen molar-refractivity contribution in [2.75, 3.05) is 6.61 Å². The molecule has 7 nitrogen and oxygen atoms in total. The lowest BCUT2D eigenvalue weighted by Gasteiger charge is -2.06. The van der Waals surface area contributed by atoms with Crippen LogP contribution in [0.25, 0.3) is 11.3 Å². The summed E-state index contributed by atoms with van der Waals surface area (Å²) in [4.78, 5) is 18.7. The molecule has 0 fully saturated rings. The molecule has 114 valence electrons. The van der Waals surface area contributed by atoms with Crippen LogP contribution in [0.5, 0.6) is 5.75 Å². The van der Waals surface area contributed by atoms with Gasteiger partial charge in [0.05, 0.1) is 6.61 Å². The maximum atomic E-state index is 11.9. The Bertz CT molecular complexity index is 808. The van der Waals surface area contributed by atoms with Gasteiger partial charge in [0.15, 0.2) is 0 Å². The second-order valence-corrected chi connectivity index (χ2v) is 4.97. The number of nitrogens with one attached hydrogen (secondary N) is 1. The van der Waals surface area contributed by atoms with Crippen LogP contribution in [0.15, 0.2) is 33.7 Å². The highest BCUT2D eigenvalue weighted by Gasteiger charge is 2.09. The molecule has 1 aromatic carbocycles. The maximum Gasteiger partial charge on any atom is 0.271 e. The predicted molar refractivity (Wildman–Crippen MR) is 79.9 cm³/mol. The van der Waals surface area contributed by atoms with E-state index in [0.29, 0.717) is 24.4 Å². The summed E-state index contributed by atoms with van der Waals surface area (Å²) in [6, 6.07) is 7.64. The Morgan fingerprint density at radius 1 is 1.23 bits per heavy atom. The molecule has 2 aromatic heterocycles. The van der Waals surface area contributed by atoms with Gasteiger partial charge >= 0.3 is 0 Å². The fraction of sp³-hybridized carbons (Fsp3) is 0.333. The standard InChI is InChI=1S/C15H16N4O3/c1-2-3-8-21-11-6-4-10(5-7-11)9-12-15(20)17-14-13(16-12)18-22-19-14/h4-7H,2-3,8-9H2,1H3,(H,17,19,20). The van der Waals surface area contributed by atoms with Crippen LogP contribution in [0.3, 0.4) is 0 Å². The van der Waals surface area contributed by atoms with Gasteiger partial charge < -0.3 is 4.74 Å². The SMILES string of the molecule is CCCCOc1ccc(Cc2nc3nonc3[nH]c2=O)cc1. The zero-order valence-electron chi connectivity index (χ0n) is 12.2. The molecule has 1 N–H and O–H groups in total. The molecule has 3 rings (SSSR count). The highest BCUT2D eigenvalue weighted by Crippen LogP contribution is 2.14. The monoisotopic (exact) mass is 300 g/mol. The highest BCUT2D eigenvalue weighted by atomic mass is 16.6. The summed E-state index contributed by atoms with van der Waals surface area (Å²) in [5.74, 6) is 0.829. The van der Waals surface area contributed by atoms with E-state index in [-0.39, 0.29) is 11.2 Å². The molecule has 0 aliphatic carbocycles. The lowest BCUT2D eigenvalue weighted by Crippen LogP contribution is -2.15. The van der Waals surface area contributed by atoms with Gasteiger partial charge in [-0.25, -0.2) is 9.61 Å². The van der Waals surface area contributed by atoms with Gasteiger partial charge in [-0.1, -0.05) is 25.5 Å². The smallest absolute Gasteiger partial charge is 0.271 e. The largest absolute Gasteiger partial charge is 0.494 e. The van der Waals surface area contributed by atoms with Gasteiger partial charge in [0.1, 0.15) is 11.4 Å². The van der Waals surface area contributed by atoms with Crippen molar-refractivity contribution in [3.05, 3.63) is 45.9 Å². The van der Waals surface area contributed by atoms with E-state index in [1.165, 1.54) is 0 Å². The van der Waals surface area contributed by atoms with Crippen molar-refractivity contribution >= 4 is 11.3 Å². The first-order valence-corrected chi connectivity index (χ1v) is 7.19. The van der Waals surface area contributed by atoms with E-state index in [1.54, 1.807) is 0 Å². The van der Waals surface area contributed by atoms with Gasteiger partial charge in [0.2, 0.25) is 11.3 Å². The number of rotatable bonds is 6. The number of hydrogen-bond acceptors (Lipinski definition) is 6. The second-order valence-electron chi connectivity index (χ2n) is 4.97. The topological polar surface area (TPSA) is 93.9 Å². The molecule has 3 aromatic rings. The molecule has 2 heterocycles. The maximum absolute atomic E-state index is 11.9. The molecule has 0 saturated carbocycles. The van der Waals surface area contributed by atoms with E-state index in [9.17, 15) is 4.79 Å². The highest BCUT2D eigenvalue weighted by molar-refractivity contribution is 5.62. The second kappa shape index (κ2) is 6.38. The minimum absolute atomic E-state index is 0.258. The molecule has 0 amide bonds. The minimum Gasteiger partial charge on any atom is -0.494 e. The zero-order valence-corrected chi connectivity index (χ0v) is 12.2. The molecule has 7 heteroatoms. The first-order chi connectivity index (χ1) is 10.8. The fourth-order valence-electron chi connectivity index (χ4n) is 2.05. The summed E-state index contributed by atoms with van der Waals surface area (Å²) in [6.45, 7) is 2.84. The zero-order chi connectivity index (χ0) is 15.4. The molecule has 0 spiro atoms. The quantitative estimate of drug-likeness (QED) is 0.700. The van der Waals surface area contributed by atoms with Gasteiger partial charge in [0.25, 0.3) is 5.56 Å². The van der Waals surface area contributed by atoms with Crippen molar-refractivity contribution in [2.24, 2.45) is 0 Å². The Morgan fingerprint density at radius 2 is 2.05 bits per heavy atom. The third-order valence-corrected chi connectivity index (χ3v) is 3.27. The first-order valence-electron chi connectivity index (χ1n) is 7.19. The van der Waals surface area contributed by atoms with Crippen molar-refractivity contribution in [1.82, 2.24) is 20.3 Å². The number of fused-ring (bicyclic) bond motifs is 1. The van der Waals surface area contributed by atoms with E-state index in [4.69, 9.17) is 4.74 Å². The van der Waals surface area contributed by atoms with Crippen molar-refractivity contribution in [3.63, 3.8) is 0 Å². The summed E-state index contributed by atoms with van der Waals surface area (Å²) in [5.41, 5.74) is 1.62. The number of aromatic nitrogens is 4. The normalized spacial score (nSPS) is 11.0. The Hall–Kier alpha value is -2.70. The molecule has 0 bridgehead atoms. The molecule has 0 aliphatic heterocycles. The molecular weight excluding hydrogens is 284 g/mol. The number of aromatic amines is 1. The molecule has 22 heavy (non-hydrogen) atoms. The van der Waals surface area contributed by atoms with E-state index in [2.05, 4.69) is 31.8 Å². The molecule has 0 atom stereocenters. The van der Waals surface area contributed by atoms with Crippen LogP contribution in [0.2, 0.25) is 0 Å². The Labute approximate surface area is 126 Å². The average molecular weight is 300 g/mol. The van der Waals surface area contributed by atoms with Crippen LogP contribution in [0.4, 0.5) is 0 Å². The summed E-state index contributed by atoms with van der Waals surface area (Å²) in [5, 5.41) is 7.18. The number of H-pyrrole nitrogens is 1. The van der Waals surface area contributed by atoms with Crippen LogP contribution in [0.1, 0.15) is 31.0 Å². The lowest BCUT2D eigenvalue weighted by atomic mass is 10.1. The van der Waals surface area contributed by atoms with Crippen molar-refractivity contribution < 1.29 is 9.37 Å². The summed E-state index contributed by atoms with van der Waals surface area (Å²) in [6.07, 6.45) is 2.55. The summed E-state index contributed by atoms with van der Waals surface area (Å²) in [7, 11) is 0. The van der Waals surface area contributed by atoms with Crippen LogP contribution in [0, 0.1) is 0 Å². The molecule has 0 unspecified atom stereocenters. The van der Waals surface area contributed by atoms with Crippen LogP contribution >= 0.6 is 0 Å². The number of benzene rings is 1. The van der Waals surface area contributed by atoms with Gasteiger partial charge in [-0.3, -0.25) is 9.78 Å². The number of hydrogen-bond donors (Lipinski definition) is 1. The van der Waals surface area contributed by atoms with Crippen LogP contribution < -0.4 is 10.3 Å². The Morgan fingerprint density at radius 3 is 2.82 bits per heavy atom.